The van der Waals surface area contributed by atoms with Crippen molar-refractivity contribution in [2.75, 3.05) is 11.8 Å². The SMILES string of the molecule is CNCc1ccc(NS(=O)(=O)c2cnc(C)[nH]2)cc1. The summed E-state index contributed by atoms with van der Waals surface area (Å²) in [6.45, 7) is 2.44. The summed E-state index contributed by atoms with van der Waals surface area (Å²) in [4.78, 5) is 6.58. The normalized spacial score (nSPS) is 11.5. The van der Waals surface area contributed by atoms with Gasteiger partial charge in [-0.2, -0.15) is 8.42 Å². The van der Waals surface area contributed by atoms with Crippen LogP contribution in [0, 0.1) is 6.92 Å². The van der Waals surface area contributed by atoms with Crippen molar-refractivity contribution >= 4 is 15.7 Å². The number of aryl methyl sites for hydroxylation is 1. The zero-order valence-corrected chi connectivity index (χ0v) is 11.6. The highest BCUT2D eigenvalue weighted by molar-refractivity contribution is 7.92. The maximum absolute atomic E-state index is 12.0. The quantitative estimate of drug-likeness (QED) is 0.769. The van der Waals surface area contributed by atoms with Gasteiger partial charge in [-0.25, -0.2) is 4.98 Å². The van der Waals surface area contributed by atoms with E-state index in [0.717, 1.165) is 12.1 Å². The average molecular weight is 280 g/mol. The number of benzene rings is 1. The molecular weight excluding hydrogens is 264 g/mol. The van der Waals surface area contributed by atoms with Crippen LogP contribution in [0.5, 0.6) is 0 Å². The first-order valence-electron chi connectivity index (χ1n) is 5.79. The van der Waals surface area contributed by atoms with Crippen LogP contribution >= 0.6 is 0 Å². The molecule has 2 rings (SSSR count). The van der Waals surface area contributed by atoms with Crippen LogP contribution in [0.1, 0.15) is 11.4 Å². The van der Waals surface area contributed by atoms with Crippen LogP contribution < -0.4 is 10.0 Å². The van der Waals surface area contributed by atoms with E-state index < -0.39 is 10.0 Å². The molecule has 7 heteroatoms. The Kier molecular flexibility index (Phi) is 3.87. The predicted molar refractivity (Wildman–Crippen MR) is 73.3 cm³/mol. The van der Waals surface area contributed by atoms with Crippen molar-refractivity contribution in [3.8, 4) is 0 Å². The Balaban J connectivity index is 2.16. The van der Waals surface area contributed by atoms with Gasteiger partial charge in [0, 0.05) is 12.2 Å². The second kappa shape index (κ2) is 5.41. The van der Waals surface area contributed by atoms with Crippen LogP contribution in [0.15, 0.2) is 35.5 Å². The van der Waals surface area contributed by atoms with Gasteiger partial charge < -0.3 is 10.3 Å². The van der Waals surface area contributed by atoms with E-state index in [4.69, 9.17) is 0 Å². The minimum atomic E-state index is -3.60. The molecule has 0 bridgehead atoms. The van der Waals surface area contributed by atoms with Crippen molar-refractivity contribution in [3.63, 3.8) is 0 Å². The Hall–Kier alpha value is -1.86. The lowest BCUT2D eigenvalue weighted by molar-refractivity contribution is 0.598. The third kappa shape index (κ3) is 3.33. The summed E-state index contributed by atoms with van der Waals surface area (Å²) in [5, 5.41) is 3.09. The zero-order chi connectivity index (χ0) is 13.9. The number of rotatable bonds is 5. The minimum absolute atomic E-state index is 0.0595. The molecule has 0 aliphatic heterocycles. The highest BCUT2D eigenvalue weighted by Gasteiger charge is 2.16. The van der Waals surface area contributed by atoms with Gasteiger partial charge in [-0.15, -0.1) is 0 Å². The van der Waals surface area contributed by atoms with E-state index in [1.165, 1.54) is 6.20 Å². The van der Waals surface area contributed by atoms with E-state index in [1.807, 2.05) is 19.2 Å². The number of nitrogens with zero attached hydrogens (tertiary/aromatic N) is 1. The highest BCUT2D eigenvalue weighted by atomic mass is 32.2. The standard InChI is InChI=1S/C12H16N4O2S/c1-9-14-8-12(15-9)19(17,18)16-11-5-3-10(4-6-11)7-13-2/h3-6,8,13,16H,7H2,1-2H3,(H,14,15). The Labute approximate surface area is 112 Å². The van der Waals surface area contributed by atoms with Gasteiger partial charge in [0.2, 0.25) is 0 Å². The molecule has 3 N–H and O–H groups in total. The van der Waals surface area contributed by atoms with Crippen LogP contribution in [0.2, 0.25) is 0 Å². The molecule has 0 unspecified atom stereocenters. The monoisotopic (exact) mass is 280 g/mol. The molecular formula is C12H16N4O2S. The maximum atomic E-state index is 12.0. The largest absolute Gasteiger partial charge is 0.332 e. The van der Waals surface area contributed by atoms with E-state index in [2.05, 4.69) is 20.0 Å². The minimum Gasteiger partial charge on any atom is -0.332 e. The number of aromatic amines is 1. The van der Waals surface area contributed by atoms with Crippen molar-refractivity contribution in [2.45, 2.75) is 18.5 Å². The first kappa shape index (κ1) is 13.6. The number of imidazole rings is 1. The smallest absolute Gasteiger partial charge is 0.278 e. The number of hydrogen-bond acceptors (Lipinski definition) is 4. The third-order valence-corrected chi connectivity index (χ3v) is 3.85. The molecule has 0 fully saturated rings. The van der Waals surface area contributed by atoms with Gasteiger partial charge in [0.1, 0.15) is 5.82 Å². The molecule has 2 aromatic rings. The Bertz CT molecular complexity index is 647. The lowest BCUT2D eigenvalue weighted by Gasteiger charge is -2.07. The van der Waals surface area contributed by atoms with Gasteiger partial charge in [0.15, 0.2) is 5.03 Å². The van der Waals surface area contributed by atoms with Crippen LogP contribution in [-0.2, 0) is 16.6 Å². The van der Waals surface area contributed by atoms with Crippen molar-refractivity contribution in [3.05, 3.63) is 41.9 Å². The Morgan fingerprint density at radius 1 is 1.26 bits per heavy atom. The van der Waals surface area contributed by atoms with Crippen LogP contribution in [-0.4, -0.2) is 25.4 Å². The first-order chi connectivity index (χ1) is 9.01. The predicted octanol–water partition coefficient (Wildman–Crippen LogP) is 1.24. The second-order valence-electron chi connectivity index (χ2n) is 4.17. The average Bonchev–Trinajstić information content (AvgIpc) is 2.79. The Morgan fingerprint density at radius 3 is 2.47 bits per heavy atom. The van der Waals surface area contributed by atoms with E-state index >= 15 is 0 Å². The van der Waals surface area contributed by atoms with Crippen molar-refractivity contribution < 1.29 is 8.42 Å². The molecule has 0 amide bonds. The second-order valence-corrected chi connectivity index (χ2v) is 5.82. The van der Waals surface area contributed by atoms with Crippen molar-refractivity contribution in [2.24, 2.45) is 0 Å². The van der Waals surface area contributed by atoms with E-state index in [-0.39, 0.29) is 5.03 Å². The summed E-state index contributed by atoms with van der Waals surface area (Å²) in [7, 11) is -1.74. The number of H-pyrrole nitrogens is 1. The number of anilines is 1. The fourth-order valence-corrected chi connectivity index (χ4v) is 2.67. The molecule has 1 heterocycles. The molecule has 0 saturated carbocycles. The van der Waals surface area contributed by atoms with Gasteiger partial charge in [-0.1, -0.05) is 12.1 Å². The van der Waals surface area contributed by atoms with Crippen molar-refractivity contribution in [1.82, 2.24) is 15.3 Å². The molecule has 0 aliphatic rings. The van der Waals surface area contributed by atoms with E-state index in [1.54, 1.807) is 19.1 Å². The fraction of sp³-hybridized carbons (Fsp3) is 0.250. The summed E-state index contributed by atoms with van der Waals surface area (Å²) >= 11 is 0. The van der Waals surface area contributed by atoms with Gasteiger partial charge in [0.25, 0.3) is 10.0 Å². The van der Waals surface area contributed by atoms with Crippen molar-refractivity contribution in [1.29, 1.82) is 0 Å². The Morgan fingerprint density at radius 2 is 1.95 bits per heavy atom. The van der Waals surface area contributed by atoms with E-state index in [9.17, 15) is 8.42 Å². The van der Waals surface area contributed by atoms with Gasteiger partial charge >= 0.3 is 0 Å². The van der Waals surface area contributed by atoms with Gasteiger partial charge in [0.05, 0.1) is 6.20 Å². The molecule has 0 spiro atoms. The van der Waals surface area contributed by atoms with Gasteiger partial charge in [-0.3, -0.25) is 4.72 Å². The first-order valence-corrected chi connectivity index (χ1v) is 7.27. The molecule has 1 aromatic heterocycles. The maximum Gasteiger partial charge on any atom is 0.278 e. The lowest BCUT2D eigenvalue weighted by atomic mass is 10.2. The number of hydrogen-bond donors (Lipinski definition) is 3. The van der Waals surface area contributed by atoms with Crippen LogP contribution in [0.25, 0.3) is 0 Å². The molecule has 6 nitrogen and oxygen atoms in total. The van der Waals surface area contributed by atoms with E-state index in [0.29, 0.717) is 11.5 Å². The summed E-state index contributed by atoms with van der Waals surface area (Å²) in [6.07, 6.45) is 1.30. The summed E-state index contributed by atoms with van der Waals surface area (Å²) in [6, 6.07) is 7.19. The van der Waals surface area contributed by atoms with Crippen LogP contribution in [0.4, 0.5) is 5.69 Å². The van der Waals surface area contributed by atoms with Crippen LogP contribution in [0.3, 0.4) is 0 Å². The molecule has 0 aliphatic carbocycles. The molecule has 19 heavy (non-hydrogen) atoms. The molecule has 0 atom stereocenters. The molecule has 102 valence electrons. The molecule has 0 saturated heterocycles. The third-order valence-electron chi connectivity index (χ3n) is 2.56. The number of sulfonamides is 1. The molecule has 1 aromatic carbocycles. The lowest BCUT2D eigenvalue weighted by Crippen LogP contribution is -2.13. The zero-order valence-electron chi connectivity index (χ0n) is 10.8. The molecule has 0 radical (unpaired) electrons. The number of nitrogens with one attached hydrogen (secondary N) is 3. The van der Waals surface area contributed by atoms with Gasteiger partial charge in [-0.05, 0) is 31.7 Å². The topological polar surface area (TPSA) is 86.9 Å². The highest BCUT2D eigenvalue weighted by Crippen LogP contribution is 2.15. The summed E-state index contributed by atoms with van der Waals surface area (Å²) in [5.41, 5.74) is 1.61. The fourth-order valence-electron chi connectivity index (χ4n) is 1.64. The summed E-state index contributed by atoms with van der Waals surface area (Å²) in [5.74, 6) is 0.560. The summed E-state index contributed by atoms with van der Waals surface area (Å²) < 4.78 is 26.6. The number of aromatic nitrogens is 2.